The molecular weight excluding hydrogens is 389 g/mol. The first-order valence-electron chi connectivity index (χ1n) is 9.00. The Bertz CT molecular complexity index is 723. The molecule has 2 fully saturated rings. The van der Waals surface area contributed by atoms with Crippen LogP contribution in [-0.2, 0) is 9.59 Å². The number of nitrogens with zero attached hydrogens (tertiary/aromatic N) is 1. The first-order valence-corrected chi connectivity index (χ1v) is 9.88. The van der Waals surface area contributed by atoms with Crippen LogP contribution in [-0.4, -0.2) is 45.9 Å². The van der Waals surface area contributed by atoms with E-state index in [1.807, 2.05) is 4.90 Å². The van der Waals surface area contributed by atoms with Crippen LogP contribution in [0.2, 0.25) is 0 Å². The molecule has 27 heavy (non-hydrogen) atoms. The van der Waals surface area contributed by atoms with Gasteiger partial charge in [0.05, 0.1) is 12.6 Å². The number of ketones is 1. The van der Waals surface area contributed by atoms with Crippen LogP contribution >= 0.6 is 24.2 Å². The molecule has 1 aromatic rings. The summed E-state index contributed by atoms with van der Waals surface area (Å²) in [6, 6.07) is 5.87. The summed E-state index contributed by atoms with van der Waals surface area (Å²) in [7, 11) is 0. The molecule has 1 aliphatic carbocycles. The minimum Gasteiger partial charge on any atom is -0.392 e. The number of benzene rings is 1. The standard InChI is InChI=1S/C20H24FNO3S.ClH/c1-13(24)26-18-8-10-22(12-15(18)9-11-23)19(20(25)14-6-7-14)16-4-2-3-5-17(16)21;/h2-5,9,14,18-19,23H,6-8,10-12H2,1H3;1H. The van der Waals surface area contributed by atoms with E-state index in [1.54, 1.807) is 24.3 Å². The second-order valence-corrected chi connectivity index (χ2v) is 8.30. The Morgan fingerprint density at radius 3 is 2.63 bits per heavy atom. The molecular formula is C20H25ClFNO3S. The van der Waals surface area contributed by atoms with E-state index in [-0.39, 0.29) is 46.9 Å². The van der Waals surface area contributed by atoms with Crippen molar-refractivity contribution in [2.24, 2.45) is 5.92 Å². The number of Topliss-reactive ketones (excluding diaryl/α,β-unsaturated/α-hetero) is 1. The minimum atomic E-state index is -0.603. The van der Waals surface area contributed by atoms with Crippen molar-refractivity contribution >= 4 is 35.1 Å². The fourth-order valence-corrected chi connectivity index (χ4v) is 4.52. The number of aliphatic hydroxyl groups is 1. The number of carbonyl (C=O) groups is 2. The average molecular weight is 414 g/mol. The third-order valence-electron chi connectivity index (χ3n) is 4.95. The van der Waals surface area contributed by atoms with Gasteiger partial charge in [-0.15, -0.1) is 12.4 Å². The molecule has 1 saturated carbocycles. The summed E-state index contributed by atoms with van der Waals surface area (Å²) in [6.45, 7) is 2.50. The zero-order valence-electron chi connectivity index (χ0n) is 15.3. The van der Waals surface area contributed by atoms with Gasteiger partial charge in [0, 0.05) is 36.7 Å². The van der Waals surface area contributed by atoms with E-state index in [4.69, 9.17) is 0 Å². The molecule has 148 valence electrons. The van der Waals surface area contributed by atoms with Gasteiger partial charge in [-0.2, -0.15) is 0 Å². The van der Waals surface area contributed by atoms with E-state index >= 15 is 0 Å². The predicted octanol–water partition coefficient (Wildman–Crippen LogP) is 3.54. The molecule has 7 heteroatoms. The Morgan fingerprint density at radius 1 is 1.33 bits per heavy atom. The van der Waals surface area contributed by atoms with Crippen LogP contribution < -0.4 is 0 Å². The lowest BCUT2D eigenvalue weighted by molar-refractivity contribution is -0.126. The Hall–Kier alpha value is -1.21. The Labute approximate surface area is 169 Å². The molecule has 3 rings (SSSR count). The second kappa shape index (κ2) is 9.82. The Kier molecular flexibility index (Phi) is 8.04. The first kappa shape index (κ1) is 22.1. The molecule has 1 aliphatic heterocycles. The molecule has 2 atom stereocenters. The number of aliphatic hydroxyl groups excluding tert-OH is 1. The van der Waals surface area contributed by atoms with Crippen molar-refractivity contribution in [3.63, 3.8) is 0 Å². The number of hydrogen-bond acceptors (Lipinski definition) is 5. The zero-order valence-corrected chi connectivity index (χ0v) is 16.9. The van der Waals surface area contributed by atoms with Gasteiger partial charge in [-0.25, -0.2) is 4.39 Å². The molecule has 4 nitrogen and oxygen atoms in total. The summed E-state index contributed by atoms with van der Waals surface area (Å²) >= 11 is 1.26. The van der Waals surface area contributed by atoms with Gasteiger partial charge >= 0.3 is 0 Å². The molecule has 2 aliphatic rings. The van der Waals surface area contributed by atoms with Gasteiger partial charge in [-0.3, -0.25) is 14.5 Å². The summed E-state index contributed by atoms with van der Waals surface area (Å²) in [5.74, 6) is -0.260. The lowest BCUT2D eigenvalue weighted by Gasteiger charge is -2.38. The van der Waals surface area contributed by atoms with Gasteiger partial charge in [-0.05, 0) is 30.9 Å². The highest BCUT2D eigenvalue weighted by Crippen LogP contribution is 2.40. The Morgan fingerprint density at radius 2 is 2.04 bits per heavy atom. The molecule has 0 amide bonds. The van der Waals surface area contributed by atoms with E-state index in [0.29, 0.717) is 25.1 Å². The van der Waals surface area contributed by atoms with Crippen molar-refractivity contribution in [1.82, 2.24) is 4.90 Å². The molecule has 1 heterocycles. The molecule has 0 aromatic heterocycles. The number of halogens is 2. The number of likely N-dealkylation sites (tertiary alicyclic amines) is 1. The average Bonchev–Trinajstić information content (AvgIpc) is 3.44. The predicted molar refractivity (Wildman–Crippen MR) is 108 cm³/mol. The molecule has 0 radical (unpaired) electrons. The monoisotopic (exact) mass is 413 g/mol. The van der Waals surface area contributed by atoms with Gasteiger partial charge < -0.3 is 5.11 Å². The van der Waals surface area contributed by atoms with Crippen LogP contribution in [0.1, 0.15) is 37.8 Å². The van der Waals surface area contributed by atoms with Gasteiger partial charge in [0.15, 0.2) is 10.9 Å². The topological polar surface area (TPSA) is 57.6 Å². The van der Waals surface area contributed by atoms with Crippen molar-refractivity contribution in [2.45, 2.75) is 37.5 Å². The van der Waals surface area contributed by atoms with Crippen LogP contribution in [0.4, 0.5) is 4.39 Å². The third-order valence-corrected chi connectivity index (χ3v) is 6.11. The maximum Gasteiger partial charge on any atom is 0.186 e. The summed E-state index contributed by atoms with van der Waals surface area (Å²) in [5, 5.41) is 9.39. The SMILES string of the molecule is CC(=O)SC1CCN(C(C(=O)C2CC2)c2ccccc2F)CC1=CCO.Cl. The first-order chi connectivity index (χ1) is 12.5. The van der Waals surface area contributed by atoms with Crippen LogP contribution in [0, 0.1) is 11.7 Å². The lowest BCUT2D eigenvalue weighted by Crippen LogP contribution is -2.43. The van der Waals surface area contributed by atoms with Crippen molar-refractivity contribution < 1.29 is 19.1 Å². The van der Waals surface area contributed by atoms with E-state index in [0.717, 1.165) is 18.4 Å². The fourth-order valence-electron chi connectivity index (χ4n) is 3.57. The van der Waals surface area contributed by atoms with Crippen molar-refractivity contribution in [3.8, 4) is 0 Å². The summed E-state index contributed by atoms with van der Waals surface area (Å²) in [6.07, 6.45) is 4.16. The van der Waals surface area contributed by atoms with Gasteiger partial charge in [0.2, 0.25) is 0 Å². The van der Waals surface area contributed by atoms with Crippen molar-refractivity contribution in [3.05, 3.63) is 47.3 Å². The number of hydrogen-bond donors (Lipinski definition) is 1. The molecule has 1 aromatic carbocycles. The summed E-state index contributed by atoms with van der Waals surface area (Å²) in [5.41, 5.74) is 1.36. The van der Waals surface area contributed by atoms with E-state index in [9.17, 15) is 19.1 Å². The number of piperidine rings is 1. The number of carbonyl (C=O) groups excluding carboxylic acids is 2. The molecule has 2 unspecified atom stereocenters. The van der Waals surface area contributed by atoms with Crippen LogP contribution in [0.15, 0.2) is 35.9 Å². The van der Waals surface area contributed by atoms with Crippen molar-refractivity contribution in [2.75, 3.05) is 19.7 Å². The second-order valence-electron chi connectivity index (χ2n) is 6.92. The van der Waals surface area contributed by atoms with Gasteiger partial charge in [0.1, 0.15) is 5.82 Å². The highest BCUT2D eigenvalue weighted by Gasteiger charge is 2.41. The maximum absolute atomic E-state index is 14.5. The molecule has 1 N–H and O–H groups in total. The quantitative estimate of drug-likeness (QED) is 0.723. The van der Waals surface area contributed by atoms with Crippen LogP contribution in [0.25, 0.3) is 0 Å². The van der Waals surface area contributed by atoms with Crippen LogP contribution in [0.5, 0.6) is 0 Å². The normalized spacial score (nSPS) is 22.9. The van der Waals surface area contributed by atoms with Crippen LogP contribution in [0.3, 0.4) is 0 Å². The summed E-state index contributed by atoms with van der Waals surface area (Å²) < 4.78 is 14.5. The van der Waals surface area contributed by atoms with Gasteiger partial charge in [0.25, 0.3) is 0 Å². The van der Waals surface area contributed by atoms with Gasteiger partial charge in [-0.1, -0.05) is 36.0 Å². The largest absolute Gasteiger partial charge is 0.392 e. The molecule has 0 bridgehead atoms. The lowest BCUT2D eigenvalue weighted by atomic mass is 9.93. The van der Waals surface area contributed by atoms with E-state index < -0.39 is 6.04 Å². The highest BCUT2D eigenvalue weighted by atomic mass is 35.5. The number of rotatable bonds is 6. The highest BCUT2D eigenvalue weighted by molar-refractivity contribution is 8.14. The third kappa shape index (κ3) is 5.41. The van der Waals surface area contributed by atoms with E-state index in [2.05, 4.69) is 0 Å². The maximum atomic E-state index is 14.5. The number of thioether (sulfide) groups is 1. The minimum absolute atomic E-state index is 0. The Balaban J connectivity index is 0.00000261. The molecule has 0 spiro atoms. The summed E-state index contributed by atoms with van der Waals surface area (Å²) in [4.78, 5) is 26.4. The smallest absolute Gasteiger partial charge is 0.186 e. The van der Waals surface area contributed by atoms with Crippen molar-refractivity contribution in [1.29, 1.82) is 0 Å². The fraction of sp³-hybridized carbons (Fsp3) is 0.500. The van der Waals surface area contributed by atoms with E-state index in [1.165, 1.54) is 24.8 Å². The molecule has 1 saturated heterocycles. The zero-order chi connectivity index (χ0) is 18.7.